The van der Waals surface area contributed by atoms with Gasteiger partial charge in [0.05, 0.1) is 0 Å². The summed E-state index contributed by atoms with van der Waals surface area (Å²) in [7, 11) is 0. The second kappa shape index (κ2) is 7.77. The van der Waals surface area contributed by atoms with Gasteiger partial charge in [-0.3, -0.25) is 0 Å². The smallest absolute Gasteiger partial charge is 0.0132 e. The fourth-order valence-corrected chi connectivity index (χ4v) is 6.45. The minimum Gasteiger partial charge on any atom is -0.0735 e. The molecule has 0 heterocycles. The molecule has 4 fully saturated rings. The first-order chi connectivity index (χ1) is 12.2. The number of hydrogen-bond donors (Lipinski definition) is 0. The number of rotatable bonds is 11. The highest BCUT2D eigenvalue weighted by Gasteiger charge is 2.51. The summed E-state index contributed by atoms with van der Waals surface area (Å²) in [6.07, 6.45) is 19.5. The van der Waals surface area contributed by atoms with Gasteiger partial charge >= 0.3 is 0 Å². The Morgan fingerprint density at radius 1 is 1.00 bits per heavy atom. The van der Waals surface area contributed by atoms with Crippen LogP contribution in [0.3, 0.4) is 0 Å². The lowest BCUT2D eigenvalue weighted by molar-refractivity contribution is 0.214. The molecule has 25 heavy (non-hydrogen) atoms. The molecule has 0 saturated heterocycles. The summed E-state index contributed by atoms with van der Waals surface area (Å²) in [5.74, 6) is 7.57. The number of fused-ring (bicyclic) bond motifs is 1. The predicted molar refractivity (Wildman–Crippen MR) is 108 cm³/mol. The van der Waals surface area contributed by atoms with Crippen LogP contribution in [0.1, 0.15) is 104 Å². The molecule has 6 unspecified atom stereocenters. The highest BCUT2D eigenvalue weighted by molar-refractivity contribution is 5.38. The van der Waals surface area contributed by atoms with E-state index >= 15 is 0 Å². The summed E-state index contributed by atoms with van der Waals surface area (Å²) in [6.45, 7) is 7.39. The monoisotopic (exact) mass is 342 g/mol. The van der Waals surface area contributed by atoms with Crippen molar-refractivity contribution in [1.29, 1.82) is 0 Å². The van der Waals surface area contributed by atoms with Gasteiger partial charge in [0.15, 0.2) is 0 Å². The first-order valence-corrected chi connectivity index (χ1v) is 11.9. The number of allylic oxidation sites excluding steroid dienone is 2. The fourth-order valence-electron chi connectivity index (χ4n) is 6.45. The van der Waals surface area contributed by atoms with Gasteiger partial charge in [-0.2, -0.15) is 0 Å². The average Bonchev–Trinajstić information content (AvgIpc) is 3.40. The molecule has 4 aliphatic carbocycles. The summed E-state index contributed by atoms with van der Waals surface area (Å²) in [4.78, 5) is 0. The van der Waals surface area contributed by atoms with E-state index in [0.29, 0.717) is 0 Å². The van der Waals surface area contributed by atoms with Crippen LogP contribution in [-0.2, 0) is 0 Å². The molecule has 142 valence electrons. The minimum absolute atomic E-state index is 0.965. The molecule has 0 aliphatic heterocycles. The van der Waals surface area contributed by atoms with Gasteiger partial charge in [-0.05, 0) is 86.9 Å². The highest BCUT2D eigenvalue weighted by Crippen LogP contribution is 2.62. The summed E-state index contributed by atoms with van der Waals surface area (Å²) < 4.78 is 0. The van der Waals surface area contributed by atoms with Gasteiger partial charge in [-0.1, -0.05) is 69.9 Å². The van der Waals surface area contributed by atoms with Gasteiger partial charge in [-0.15, -0.1) is 0 Å². The largest absolute Gasteiger partial charge is 0.0735 e. The van der Waals surface area contributed by atoms with Crippen LogP contribution in [0.4, 0.5) is 0 Å². The molecule has 0 aromatic rings. The van der Waals surface area contributed by atoms with Crippen LogP contribution in [0.2, 0.25) is 0 Å². The van der Waals surface area contributed by atoms with Crippen molar-refractivity contribution in [2.75, 3.05) is 0 Å². The zero-order chi connectivity index (χ0) is 17.4. The zero-order valence-corrected chi connectivity index (χ0v) is 17.2. The first kappa shape index (κ1) is 18.1. The van der Waals surface area contributed by atoms with Gasteiger partial charge in [-0.25, -0.2) is 0 Å². The third-order valence-electron chi connectivity index (χ3n) is 8.87. The van der Waals surface area contributed by atoms with E-state index in [2.05, 4.69) is 20.8 Å². The van der Waals surface area contributed by atoms with Crippen molar-refractivity contribution < 1.29 is 0 Å². The Balaban J connectivity index is 1.12. The normalized spacial score (nSPS) is 35.4. The zero-order valence-electron chi connectivity index (χ0n) is 17.2. The maximum absolute atomic E-state index is 2.54. The fraction of sp³-hybridized carbons (Fsp3) is 0.920. The molecule has 0 bridgehead atoms. The molecule has 0 amide bonds. The van der Waals surface area contributed by atoms with Crippen molar-refractivity contribution in [3.05, 3.63) is 11.1 Å². The molecular formula is C25H42. The second-order valence-corrected chi connectivity index (χ2v) is 10.3. The Bertz CT molecular complexity index is 470. The Morgan fingerprint density at radius 2 is 1.72 bits per heavy atom. The lowest BCUT2D eigenvalue weighted by atomic mass is 9.76. The molecule has 0 aromatic heterocycles. The van der Waals surface area contributed by atoms with Gasteiger partial charge in [0, 0.05) is 0 Å². The van der Waals surface area contributed by atoms with E-state index in [1.54, 1.807) is 24.8 Å². The molecule has 0 N–H and O–H groups in total. The number of hydrogen-bond acceptors (Lipinski definition) is 0. The van der Waals surface area contributed by atoms with Gasteiger partial charge in [0.1, 0.15) is 0 Å². The van der Waals surface area contributed by atoms with Crippen molar-refractivity contribution in [3.8, 4) is 0 Å². The van der Waals surface area contributed by atoms with Crippen LogP contribution in [0.15, 0.2) is 11.1 Å². The molecular weight excluding hydrogens is 300 g/mol. The quantitative estimate of drug-likeness (QED) is 0.265. The van der Waals surface area contributed by atoms with Crippen molar-refractivity contribution in [1.82, 2.24) is 0 Å². The predicted octanol–water partition coefficient (Wildman–Crippen LogP) is 7.78. The van der Waals surface area contributed by atoms with Crippen LogP contribution in [-0.4, -0.2) is 0 Å². The molecule has 0 spiro atoms. The Kier molecular flexibility index (Phi) is 5.63. The van der Waals surface area contributed by atoms with Crippen molar-refractivity contribution in [2.24, 2.45) is 41.4 Å². The van der Waals surface area contributed by atoms with E-state index in [1.807, 2.05) is 5.57 Å². The molecule has 0 nitrogen and oxygen atoms in total. The van der Waals surface area contributed by atoms with E-state index in [4.69, 9.17) is 0 Å². The standard InChI is InChI=1S/C25H42/c1-4-17(2)20(24-16-23(24)19-11-9-12-19)13-8-6-5-7-10-18(3)25-21-14-15-22(21)25/h17,19-24H,4-16H2,1-3H3. The SMILES string of the molecule is CCC(C)C(CCCCCCC(C)=C1C2CCC12)C1CC1C1CCC1. The Labute approximate surface area is 157 Å². The molecule has 4 rings (SSSR count). The third-order valence-corrected chi connectivity index (χ3v) is 8.87. The third kappa shape index (κ3) is 3.89. The molecule has 4 saturated carbocycles. The van der Waals surface area contributed by atoms with Crippen molar-refractivity contribution >= 4 is 0 Å². The molecule has 0 heteroatoms. The van der Waals surface area contributed by atoms with Crippen LogP contribution < -0.4 is 0 Å². The summed E-state index contributed by atoms with van der Waals surface area (Å²) >= 11 is 0. The lowest BCUT2D eigenvalue weighted by Gasteiger charge is -2.29. The summed E-state index contributed by atoms with van der Waals surface area (Å²) in [5, 5.41) is 0. The molecule has 0 aromatic carbocycles. The van der Waals surface area contributed by atoms with Crippen LogP contribution in [0.5, 0.6) is 0 Å². The summed E-state index contributed by atoms with van der Waals surface area (Å²) in [5.41, 5.74) is 3.68. The topological polar surface area (TPSA) is 0 Å². The summed E-state index contributed by atoms with van der Waals surface area (Å²) in [6, 6.07) is 0. The Hall–Kier alpha value is -0.260. The maximum atomic E-state index is 2.54. The minimum atomic E-state index is 0.965. The van der Waals surface area contributed by atoms with Gasteiger partial charge < -0.3 is 0 Å². The van der Waals surface area contributed by atoms with Crippen LogP contribution in [0, 0.1) is 41.4 Å². The van der Waals surface area contributed by atoms with Crippen molar-refractivity contribution in [3.63, 3.8) is 0 Å². The van der Waals surface area contributed by atoms with Crippen LogP contribution in [0.25, 0.3) is 0 Å². The molecule has 6 atom stereocenters. The van der Waals surface area contributed by atoms with Crippen LogP contribution >= 0.6 is 0 Å². The van der Waals surface area contributed by atoms with E-state index in [0.717, 1.165) is 41.4 Å². The van der Waals surface area contributed by atoms with Gasteiger partial charge in [0.2, 0.25) is 0 Å². The second-order valence-electron chi connectivity index (χ2n) is 10.3. The van der Waals surface area contributed by atoms with Gasteiger partial charge in [0.25, 0.3) is 0 Å². The Morgan fingerprint density at radius 3 is 2.32 bits per heavy atom. The molecule has 4 aliphatic rings. The first-order valence-electron chi connectivity index (χ1n) is 11.9. The van der Waals surface area contributed by atoms with E-state index < -0.39 is 0 Å². The van der Waals surface area contributed by atoms with E-state index in [-0.39, 0.29) is 0 Å². The van der Waals surface area contributed by atoms with E-state index in [9.17, 15) is 0 Å². The van der Waals surface area contributed by atoms with Crippen molar-refractivity contribution in [2.45, 2.75) is 104 Å². The molecule has 0 radical (unpaired) electrons. The maximum Gasteiger partial charge on any atom is -0.0132 e. The lowest BCUT2D eigenvalue weighted by Crippen LogP contribution is -2.19. The average molecular weight is 343 g/mol. The van der Waals surface area contributed by atoms with E-state index in [1.165, 1.54) is 64.2 Å². The number of unbranched alkanes of at least 4 members (excludes halogenated alkanes) is 3. The highest BCUT2D eigenvalue weighted by atomic mass is 14.6.